The zero-order valence-electron chi connectivity index (χ0n) is 4.97. The average molecular weight is 149 g/mol. The molecule has 1 aromatic rings. The summed E-state index contributed by atoms with van der Waals surface area (Å²) in [6, 6.07) is 2.14. The van der Waals surface area contributed by atoms with Crippen molar-refractivity contribution < 1.29 is 0 Å². The molecule has 0 aromatic carbocycles. The van der Waals surface area contributed by atoms with Crippen molar-refractivity contribution >= 4 is 23.7 Å². The molecule has 46 valence electrons. The van der Waals surface area contributed by atoms with Crippen LogP contribution in [-0.2, 0) is 0 Å². The number of rotatable bonds is 0. The monoisotopic (exact) mass is 148 g/mol. The summed E-state index contributed by atoms with van der Waals surface area (Å²) in [5.41, 5.74) is 1.41. The first-order chi connectivity index (χ1) is 3.30. The molecule has 0 aliphatic rings. The molecule has 2 heteroatoms. The first kappa shape index (κ1) is 7.99. The molecule has 8 heavy (non-hydrogen) atoms. The van der Waals surface area contributed by atoms with Crippen molar-refractivity contribution in [2.75, 3.05) is 0 Å². The molecule has 0 atom stereocenters. The summed E-state index contributed by atoms with van der Waals surface area (Å²) in [5.74, 6) is 0. The van der Waals surface area contributed by atoms with E-state index in [1.807, 2.05) is 0 Å². The molecule has 0 amide bonds. The van der Waals surface area contributed by atoms with Crippen LogP contribution in [0, 0.1) is 13.8 Å². The highest BCUT2D eigenvalue weighted by Gasteiger charge is 1.87. The van der Waals surface area contributed by atoms with E-state index in [4.69, 9.17) is 0 Å². The second-order valence-electron chi connectivity index (χ2n) is 1.66. The Labute approximate surface area is 60.0 Å². The predicted octanol–water partition coefficient (Wildman–Crippen LogP) is 2.79. The number of halogens is 1. The molecule has 0 nitrogen and oxygen atoms in total. The normalized spacial score (nSPS) is 8.25. The van der Waals surface area contributed by atoms with Gasteiger partial charge in [-0.05, 0) is 30.9 Å². The largest absolute Gasteiger partial charge is 0.149 e. The molecule has 0 saturated heterocycles. The summed E-state index contributed by atoms with van der Waals surface area (Å²) in [7, 11) is 0. The highest BCUT2D eigenvalue weighted by molar-refractivity contribution is 7.10. The van der Waals surface area contributed by atoms with E-state index >= 15 is 0 Å². The van der Waals surface area contributed by atoms with Crippen molar-refractivity contribution in [3.05, 3.63) is 21.9 Å². The summed E-state index contributed by atoms with van der Waals surface area (Å²) >= 11 is 1.80. The molecule has 1 heterocycles. The molecule has 1 aromatic heterocycles. The first-order valence-electron chi connectivity index (χ1n) is 2.31. The molecule has 1 rings (SSSR count). The van der Waals surface area contributed by atoms with Crippen molar-refractivity contribution in [2.24, 2.45) is 0 Å². The fourth-order valence-corrected chi connectivity index (χ4v) is 1.18. The lowest BCUT2D eigenvalue weighted by molar-refractivity contribution is 1.44. The third-order valence-electron chi connectivity index (χ3n) is 1.12. The minimum Gasteiger partial charge on any atom is -0.149 e. The molecular weight excluding hydrogens is 140 g/mol. The lowest BCUT2D eigenvalue weighted by atomic mass is 10.3. The highest BCUT2D eigenvalue weighted by Crippen LogP contribution is 2.12. The third-order valence-corrected chi connectivity index (χ3v) is 2.07. The van der Waals surface area contributed by atoms with E-state index in [1.54, 1.807) is 11.3 Å². The average Bonchev–Trinajstić information content (AvgIpc) is 1.91. The number of hydrogen-bond donors (Lipinski definition) is 0. The van der Waals surface area contributed by atoms with Gasteiger partial charge in [-0.15, -0.1) is 23.7 Å². The molecule has 0 bridgehead atoms. The Morgan fingerprint density at radius 2 is 2.00 bits per heavy atom. The van der Waals surface area contributed by atoms with Crippen LogP contribution in [0.25, 0.3) is 0 Å². The van der Waals surface area contributed by atoms with Crippen LogP contribution in [0.1, 0.15) is 10.4 Å². The van der Waals surface area contributed by atoms with Crippen LogP contribution in [0.4, 0.5) is 0 Å². The van der Waals surface area contributed by atoms with Gasteiger partial charge in [0.15, 0.2) is 0 Å². The van der Waals surface area contributed by atoms with Crippen LogP contribution in [-0.4, -0.2) is 0 Å². The van der Waals surface area contributed by atoms with Crippen LogP contribution >= 0.6 is 23.7 Å². The number of hydrogen-bond acceptors (Lipinski definition) is 1. The van der Waals surface area contributed by atoms with Crippen molar-refractivity contribution in [1.29, 1.82) is 0 Å². The summed E-state index contributed by atoms with van der Waals surface area (Å²) in [6.07, 6.45) is 0. The molecule has 0 aliphatic carbocycles. The van der Waals surface area contributed by atoms with Gasteiger partial charge in [-0.1, -0.05) is 0 Å². The smallest absolute Gasteiger partial charge is 0.00433 e. The van der Waals surface area contributed by atoms with Crippen molar-refractivity contribution in [1.82, 2.24) is 0 Å². The highest BCUT2D eigenvalue weighted by atomic mass is 35.5. The van der Waals surface area contributed by atoms with E-state index in [0.29, 0.717) is 0 Å². The standard InChI is InChI=1S/C6H8S.ClH/c1-5-3-4-7-6(5)2;/h3-4H,1-2H3;1H. The minimum absolute atomic E-state index is 0. The van der Waals surface area contributed by atoms with Crippen molar-refractivity contribution in [3.63, 3.8) is 0 Å². The van der Waals surface area contributed by atoms with Gasteiger partial charge in [0.05, 0.1) is 0 Å². The zero-order chi connectivity index (χ0) is 5.28. The van der Waals surface area contributed by atoms with Crippen LogP contribution in [0.15, 0.2) is 11.4 Å². The van der Waals surface area contributed by atoms with E-state index in [1.165, 1.54) is 10.4 Å². The van der Waals surface area contributed by atoms with Gasteiger partial charge < -0.3 is 0 Å². The lowest BCUT2D eigenvalue weighted by Gasteiger charge is -1.79. The Morgan fingerprint density at radius 3 is 2.12 bits per heavy atom. The van der Waals surface area contributed by atoms with E-state index in [9.17, 15) is 0 Å². The summed E-state index contributed by atoms with van der Waals surface area (Å²) in [4.78, 5) is 1.43. The lowest BCUT2D eigenvalue weighted by Crippen LogP contribution is -1.61. The number of aryl methyl sites for hydroxylation is 2. The Balaban J connectivity index is 0.000000490. The van der Waals surface area contributed by atoms with E-state index in [0.717, 1.165) is 0 Å². The molecule has 0 spiro atoms. The van der Waals surface area contributed by atoms with Crippen LogP contribution in [0.3, 0.4) is 0 Å². The molecule has 0 unspecified atom stereocenters. The Morgan fingerprint density at radius 1 is 1.38 bits per heavy atom. The fraction of sp³-hybridized carbons (Fsp3) is 0.333. The van der Waals surface area contributed by atoms with Gasteiger partial charge in [-0.2, -0.15) is 0 Å². The van der Waals surface area contributed by atoms with E-state index < -0.39 is 0 Å². The zero-order valence-corrected chi connectivity index (χ0v) is 6.60. The first-order valence-corrected chi connectivity index (χ1v) is 3.19. The number of thiophene rings is 1. The van der Waals surface area contributed by atoms with Gasteiger partial charge in [0.25, 0.3) is 0 Å². The second-order valence-corrected chi connectivity index (χ2v) is 2.78. The summed E-state index contributed by atoms with van der Waals surface area (Å²) < 4.78 is 0. The fourth-order valence-electron chi connectivity index (χ4n) is 0.448. The SMILES string of the molecule is Cc1ccsc1C.Cl. The maximum absolute atomic E-state index is 2.14. The van der Waals surface area contributed by atoms with Gasteiger partial charge in [0, 0.05) is 4.88 Å². The van der Waals surface area contributed by atoms with Crippen molar-refractivity contribution in [2.45, 2.75) is 13.8 Å². The minimum atomic E-state index is 0. The van der Waals surface area contributed by atoms with E-state index in [2.05, 4.69) is 25.3 Å². The molecule has 0 radical (unpaired) electrons. The third kappa shape index (κ3) is 1.49. The molecule has 0 fully saturated rings. The van der Waals surface area contributed by atoms with Gasteiger partial charge >= 0.3 is 0 Å². The van der Waals surface area contributed by atoms with E-state index in [-0.39, 0.29) is 12.4 Å². The maximum Gasteiger partial charge on any atom is 0.00433 e. The topological polar surface area (TPSA) is 0 Å². The molecule has 0 N–H and O–H groups in total. The maximum atomic E-state index is 2.14. The molecular formula is C6H9ClS. The second kappa shape index (κ2) is 3.10. The van der Waals surface area contributed by atoms with Gasteiger partial charge in [-0.25, -0.2) is 0 Å². The molecule has 0 aliphatic heterocycles. The Hall–Kier alpha value is -0.0100. The Kier molecular flexibility index (Phi) is 3.10. The van der Waals surface area contributed by atoms with Gasteiger partial charge in [0.1, 0.15) is 0 Å². The quantitative estimate of drug-likeness (QED) is 0.531. The van der Waals surface area contributed by atoms with Crippen LogP contribution in [0.5, 0.6) is 0 Å². The van der Waals surface area contributed by atoms with Gasteiger partial charge in [-0.3, -0.25) is 0 Å². The van der Waals surface area contributed by atoms with Crippen LogP contribution < -0.4 is 0 Å². The summed E-state index contributed by atoms with van der Waals surface area (Å²) in [5, 5.41) is 2.12. The summed E-state index contributed by atoms with van der Waals surface area (Å²) in [6.45, 7) is 4.27. The van der Waals surface area contributed by atoms with Crippen LogP contribution in [0.2, 0.25) is 0 Å². The molecule has 0 saturated carbocycles. The Bertz CT molecular complexity index is 141. The van der Waals surface area contributed by atoms with Gasteiger partial charge in [0.2, 0.25) is 0 Å². The van der Waals surface area contributed by atoms with Crippen molar-refractivity contribution in [3.8, 4) is 0 Å². The predicted molar refractivity (Wildman–Crippen MR) is 41.0 cm³/mol.